The Morgan fingerprint density at radius 2 is 2.04 bits per heavy atom. The number of H-pyrrole nitrogens is 1. The molecule has 0 saturated heterocycles. The number of aromatic nitrogens is 4. The fourth-order valence-electron chi connectivity index (χ4n) is 2.42. The molecule has 0 fully saturated rings. The second-order valence-corrected chi connectivity index (χ2v) is 5.98. The zero-order chi connectivity index (χ0) is 16.1. The Hall–Kier alpha value is -2.63. The summed E-state index contributed by atoms with van der Waals surface area (Å²) in [6.07, 6.45) is 4.64. The van der Waals surface area contributed by atoms with E-state index in [4.69, 9.17) is 0 Å². The first-order valence-electron chi connectivity index (χ1n) is 7.95. The lowest BCUT2D eigenvalue weighted by atomic mass is 10.1. The van der Waals surface area contributed by atoms with Crippen molar-refractivity contribution in [2.75, 3.05) is 23.7 Å². The van der Waals surface area contributed by atoms with Crippen LogP contribution in [0.25, 0.3) is 10.9 Å². The van der Waals surface area contributed by atoms with Crippen molar-refractivity contribution in [2.45, 2.75) is 20.3 Å². The molecule has 0 saturated carbocycles. The number of hydrogen-bond donors (Lipinski definition) is 3. The summed E-state index contributed by atoms with van der Waals surface area (Å²) < 4.78 is 0. The number of fused-ring (bicyclic) bond motifs is 1. The Morgan fingerprint density at radius 3 is 2.91 bits per heavy atom. The molecule has 0 aliphatic rings. The highest BCUT2D eigenvalue weighted by Gasteiger charge is 2.04. The maximum absolute atomic E-state index is 4.42. The molecule has 0 aliphatic heterocycles. The third-order valence-corrected chi connectivity index (χ3v) is 3.60. The van der Waals surface area contributed by atoms with Crippen LogP contribution in [0.5, 0.6) is 0 Å². The monoisotopic (exact) mass is 310 g/mol. The molecular weight excluding hydrogens is 288 g/mol. The van der Waals surface area contributed by atoms with Gasteiger partial charge in [0.05, 0.1) is 6.20 Å². The summed E-state index contributed by atoms with van der Waals surface area (Å²) in [4.78, 5) is 7.72. The molecular formula is C17H22N6. The number of para-hydroxylation sites is 1. The van der Waals surface area contributed by atoms with E-state index in [2.05, 4.69) is 69.0 Å². The summed E-state index contributed by atoms with van der Waals surface area (Å²) in [5, 5.41) is 15.7. The predicted molar refractivity (Wildman–Crippen MR) is 93.6 cm³/mol. The first-order chi connectivity index (χ1) is 11.2. The Labute approximate surface area is 135 Å². The van der Waals surface area contributed by atoms with Gasteiger partial charge in [-0.2, -0.15) is 10.1 Å². The first kappa shape index (κ1) is 15.3. The number of nitrogens with zero attached hydrogens (tertiary/aromatic N) is 3. The van der Waals surface area contributed by atoms with Gasteiger partial charge in [0.25, 0.3) is 0 Å². The number of hydrogen-bond acceptors (Lipinski definition) is 5. The Balaban J connectivity index is 1.57. The molecule has 3 N–H and O–H groups in total. The molecule has 6 heteroatoms. The zero-order valence-corrected chi connectivity index (χ0v) is 13.5. The SMILES string of the molecule is CC(C)CNc1nncc(NCCc2c[nH]c3ccccc23)n1. The molecule has 0 aliphatic carbocycles. The summed E-state index contributed by atoms with van der Waals surface area (Å²) >= 11 is 0. The molecule has 0 atom stereocenters. The van der Waals surface area contributed by atoms with Gasteiger partial charge in [-0.1, -0.05) is 32.0 Å². The van der Waals surface area contributed by atoms with Crippen LogP contribution in [0.2, 0.25) is 0 Å². The van der Waals surface area contributed by atoms with Crippen LogP contribution < -0.4 is 10.6 Å². The van der Waals surface area contributed by atoms with Gasteiger partial charge in [-0.05, 0) is 24.0 Å². The van der Waals surface area contributed by atoms with Crippen molar-refractivity contribution >= 4 is 22.7 Å². The Morgan fingerprint density at radius 1 is 1.17 bits per heavy atom. The topological polar surface area (TPSA) is 78.5 Å². The fourth-order valence-corrected chi connectivity index (χ4v) is 2.42. The van der Waals surface area contributed by atoms with E-state index in [0.717, 1.165) is 25.3 Å². The number of rotatable bonds is 7. The van der Waals surface area contributed by atoms with E-state index in [0.29, 0.717) is 11.9 Å². The Bertz CT molecular complexity index is 764. The quantitative estimate of drug-likeness (QED) is 0.625. The highest BCUT2D eigenvalue weighted by Crippen LogP contribution is 2.18. The molecule has 6 nitrogen and oxygen atoms in total. The van der Waals surface area contributed by atoms with Gasteiger partial charge in [-0.15, -0.1) is 5.10 Å². The van der Waals surface area contributed by atoms with Crippen LogP contribution in [0.3, 0.4) is 0 Å². The van der Waals surface area contributed by atoms with Crippen LogP contribution in [0, 0.1) is 5.92 Å². The average molecular weight is 310 g/mol. The lowest BCUT2D eigenvalue weighted by Gasteiger charge is -2.08. The fraction of sp³-hybridized carbons (Fsp3) is 0.353. The lowest BCUT2D eigenvalue weighted by Crippen LogP contribution is -2.13. The predicted octanol–water partition coefficient (Wildman–Crippen LogP) is 3.08. The van der Waals surface area contributed by atoms with Gasteiger partial charge in [0.2, 0.25) is 5.95 Å². The third-order valence-electron chi connectivity index (χ3n) is 3.60. The molecule has 23 heavy (non-hydrogen) atoms. The maximum atomic E-state index is 4.42. The summed E-state index contributed by atoms with van der Waals surface area (Å²) in [7, 11) is 0. The van der Waals surface area contributed by atoms with Crippen LogP contribution in [0.4, 0.5) is 11.8 Å². The number of nitrogens with one attached hydrogen (secondary N) is 3. The molecule has 1 aromatic carbocycles. The van der Waals surface area contributed by atoms with Gasteiger partial charge < -0.3 is 15.6 Å². The molecule has 0 spiro atoms. The van der Waals surface area contributed by atoms with Crippen LogP contribution in [-0.2, 0) is 6.42 Å². The van der Waals surface area contributed by atoms with E-state index in [1.807, 2.05) is 6.07 Å². The van der Waals surface area contributed by atoms with Gasteiger partial charge in [0.1, 0.15) is 0 Å². The summed E-state index contributed by atoms with van der Waals surface area (Å²) in [6.45, 7) is 5.91. The first-order valence-corrected chi connectivity index (χ1v) is 7.95. The van der Waals surface area contributed by atoms with E-state index in [1.165, 1.54) is 16.5 Å². The minimum atomic E-state index is 0.539. The van der Waals surface area contributed by atoms with Crippen molar-refractivity contribution in [2.24, 2.45) is 5.92 Å². The molecule has 0 bridgehead atoms. The molecule has 2 aromatic heterocycles. The highest BCUT2D eigenvalue weighted by atomic mass is 15.3. The van der Waals surface area contributed by atoms with Gasteiger partial charge in [0.15, 0.2) is 5.82 Å². The smallest absolute Gasteiger partial charge is 0.244 e. The number of anilines is 2. The molecule has 2 heterocycles. The Kier molecular flexibility index (Phi) is 4.71. The molecule has 0 unspecified atom stereocenters. The van der Waals surface area contributed by atoms with Crippen LogP contribution >= 0.6 is 0 Å². The molecule has 0 amide bonds. The lowest BCUT2D eigenvalue weighted by molar-refractivity contribution is 0.682. The maximum Gasteiger partial charge on any atom is 0.244 e. The van der Waals surface area contributed by atoms with Gasteiger partial charge in [-0.3, -0.25) is 0 Å². The van der Waals surface area contributed by atoms with Crippen molar-refractivity contribution in [3.05, 3.63) is 42.2 Å². The molecule has 120 valence electrons. The second-order valence-electron chi connectivity index (χ2n) is 5.98. The molecule has 0 radical (unpaired) electrons. The van der Waals surface area contributed by atoms with Crippen molar-refractivity contribution in [3.63, 3.8) is 0 Å². The number of benzene rings is 1. The van der Waals surface area contributed by atoms with Gasteiger partial charge in [0, 0.05) is 30.2 Å². The summed E-state index contributed by atoms with van der Waals surface area (Å²) in [5.41, 5.74) is 2.47. The van der Waals surface area contributed by atoms with Crippen molar-refractivity contribution < 1.29 is 0 Å². The second kappa shape index (κ2) is 7.09. The largest absolute Gasteiger partial charge is 0.368 e. The van der Waals surface area contributed by atoms with E-state index < -0.39 is 0 Å². The van der Waals surface area contributed by atoms with Crippen molar-refractivity contribution in [3.8, 4) is 0 Å². The van der Waals surface area contributed by atoms with Crippen LogP contribution in [0.1, 0.15) is 19.4 Å². The number of aromatic amines is 1. The van der Waals surface area contributed by atoms with E-state index >= 15 is 0 Å². The minimum absolute atomic E-state index is 0.539. The summed E-state index contributed by atoms with van der Waals surface area (Å²) in [6, 6.07) is 8.34. The van der Waals surface area contributed by atoms with Gasteiger partial charge in [-0.25, -0.2) is 0 Å². The van der Waals surface area contributed by atoms with Gasteiger partial charge >= 0.3 is 0 Å². The van der Waals surface area contributed by atoms with Crippen molar-refractivity contribution in [1.82, 2.24) is 20.2 Å². The van der Waals surface area contributed by atoms with Crippen LogP contribution in [-0.4, -0.2) is 33.3 Å². The van der Waals surface area contributed by atoms with Crippen LogP contribution in [0.15, 0.2) is 36.7 Å². The van der Waals surface area contributed by atoms with E-state index in [-0.39, 0.29) is 0 Å². The van der Waals surface area contributed by atoms with E-state index in [9.17, 15) is 0 Å². The summed E-state index contributed by atoms with van der Waals surface area (Å²) in [5.74, 6) is 1.85. The van der Waals surface area contributed by atoms with Crippen molar-refractivity contribution in [1.29, 1.82) is 0 Å². The zero-order valence-electron chi connectivity index (χ0n) is 13.5. The standard InChI is InChI=1S/C17H22N6/c1-12(2)9-20-17-22-16(11-21-23-17)18-8-7-13-10-19-15-6-4-3-5-14(13)15/h3-6,10-12,19H,7-9H2,1-2H3,(H2,18,20,22,23). The molecule has 3 aromatic rings. The minimum Gasteiger partial charge on any atom is -0.368 e. The highest BCUT2D eigenvalue weighted by molar-refractivity contribution is 5.83. The normalized spacial score (nSPS) is 11.1. The third kappa shape index (κ3) is 3.97. The average Bonchev–Trinajstić information content (AvgIpc) is 2.97. The molecule has 3 rings (SSSR count). The van der Waals surface area contributed by atoms with E-state index in [1.54, 1.807) is 6.20 Å².